The molecule has 1 aromatic carbocycles. The number of fused-ring (bicyclic) bond motifs is 1. The molecule has 2 fully saturated rings. The van der Waals surface area contributed by atoms with Crippen molar-refractivity contribution in [2.24, 2.45) is 11.3 Å². The van der Waals surface area contributed by atoms with Gasteiger partial charge in [0.15, 0.2) is 0 Å². The highest BCUT2D eigenvalue weighted by molar-refractivity contribution is 7.89. The molecule has 1 amide bonds. The van der Waals surface area contributed by atoms with Gasteiger partial charge in [0, 0.05) is 25.6 Å². The average Bonchev–Trinajstić information content (AvgIpc) is 3.51. The number of hydrogen-bond acceptors (Lipinski definition) is 5. The number of carbonyl (C=O) groups excluding carboxylic acids is 1. The molecule has 1 spiro atoms. The zero-order valence-electron chi connectivity index (χ0n) is 16.4. The summed E-state index contributed by atoms with van der Waals surface area (Å²) in [6, 6.07) is 6.72. The topological polar surface area (TPSA) is 79.0 Å². The minimum absolute atomic E-state index is 0.139. The SMILES string of the molecule is CNC(=O)CN1CC2(CCN(CC3CC3)CC2)COc2ccccc2S1(=O)=O. The van der Waals surface area contributed by atoms with Gasteiger partial charge in [0.05, 0.1) is 13.2 Å². The summed E-state index contributed by atoms with van der Waals surface area (Å²) in [5.74, 6) is 0.924. The Kier molecular flexibility index (Phi) is 5.37. The lowest BCUT2D eigenvalue weighted by atomic mass is 9.78. The van der Waals surface area contributed by atoms with E-state index in [1.54, 1.807) is 24.3 Å². The first-order valence-corrected chi connectivity index (χ1v) is 11.5. The Morgan fingerprint density at radius 3 is 2.64 bits per heavy atom. The molecule has 0 aromatic heterocycles. The van der Waals surface area contributed by atoms with Crippen LogP contribution in [0.2, 0.25) is 0 Å². The lowest BCUT2D eigenvalue weighted by molar-refractivity contribution is -0.121. The predicted octanol–water partition coefficient (Wildman–Crippen LogP) is 1.31. The molecule has 1 saturated carbocycles. The van der Waals surface area contributed by atoms with Gasteiger partial charge in [-0.2, -0.15) is 4.31 Å². The highest BCUT2D eigenvalue weighted by atomic mass is 32.2. The van der Waals surface area contributed by atoms with Crippen molar-refractivity contribution in [1.29, 1.82) is 0 Å². The van der Waals surface area contributed by atoms with E-state index in [-0.39, 0.29) is 22.8 Å². The second-order valence-corrected chi connectivity index (χ2v) is 10.3. The Labute approximate surface area is 167 Å². The lowest BCUT2D eigenvalue weighted by Crippen LogP contribution is -2.53. The maximum absolute atomic E-state index is 13.3. The van der Waals surface area contributed by atoms with Crippen LogP contribution in [-0.2, 0) is 14.8 Å². The Hall–Kier alpha value is -1.64. The van der Waals surface area contributed by atoms with Gasteiger partial charge < -0.3 is 15.0 Å². The molecule has 1 N–H and O–H groups in total. The molecule has 2 aliphatic heterocycles. The van der Waals surface area contributed by atoms with E-state index in [0.29, 0.717) is 18.9 Å². The first-order chi connectivity index (χ1) is 13.4. The number of hydrogen-bond donors (Lipinski definition) is 1. The van der Waals surface area contributed by atoms with Gasteiger partial charge in [-0.05, 0) is 56.8 Å². The minimum Gasteiger partial charge on any atom is -0.492 e. The standard InChI is InChI=1S/C20H29N3O4S/c1-21-19(24)13-23-14-20(8-10-22(11-9-20)12-16-6-7-16)15-27-17-4-2-3-5-18(17)28(23,25)26/h2-5,16H,6-15H2,1H3,(H,21,24). The highest BCUT2D eigenvalue weighted by Crippen LogP contribution is 2.40. The Morgan fingerprint density at radius 1 is 1.25 bits per heavy atom. The Bertz CT molecular complexity index is 830. The second-order valence-electron chi connectivity index (χ2n) is 8.43. The zero-order chi connectivity index (χ0) is 19.8. The zero-order valence-corrected chi connectivity index (χ0v) is 17.2. The molecule has 154 valence electrons. The number of likely N-dealkylation sites (N-methyl/N-ethyl adjacent to an activating group) is 1. The number of ether oxygens (including phenoxy) is 1. The number of carbonyl (C=O) groups is 1. The van der Waals surface area contributed by atoms with Gasteiger partial charge in [-0.3, -0.25) is 4.79 Å². The van der Waals surface area contributed by atoms with Crippen molar-refractivity contribution in [3.63, 3.8) is 0 Å². The number of piperidine rings is 1. The van der Waals surface area contributed by atoms with Crippen molar-refractivity contribution in [1.82, 2.24) is 14.5 Å². The minimum atomic E-state index is -3.81. The molecule has 8 heteroatoms. The van der Waals surface area contributed by atoms with Crippen LogP contribution < -0.4 is 10.1 Å². The van der Waals surface area contributed by atoms with Crippen molar-refractivity contribution < 1.29 is 17.9 Å². The van der Waals surface area contributed by atoms with E-state index < -0.39 is 10.0 Å². The van der Waals surface area contributed by atoms with Gasteiger partial charge in [-0.15, -0.1) is 0 Å². The molecule has 1 aliphatic carbocycles. The summed E-state index contributed by atoms with van der Waals surface area (Å²) in [5, 5.41) is 2.55. The van der Waals surface area contributed by atoms with E-state index in [9.17, 15) is 13.2 Å². The number of sulfonamides is 1. The summed E-state index contributed by atoms with van der Waals surface area (Å²) in [5.41, 5.74) is -0.269. The molecule has 3 aliphatic rings. The van der Waals surface area contributed by atoms with E-state index in [4.69, 9.17) is 4.74 Å². The summed E-state index contributed by atoms with van der Waals surface area (Å²) in [6.07, 6.45) is 4.42. The molecule has 0 unspecified atom stereocenters. The third-order valence-electron chi connectivity index (χ3n) is 6.24. The predicted molar refractivity (Wildman–Crippen MR) is 106 cm³/mol. The van der Waals surface area contributed by atoms with Crippen LogP contribution in [0.3, 0.4) is 0 Å². The Morgan fingerprint density at radius 2 is 1.96 bits per heavy atom. The summed E-state index contributed by atoms with van der Waals surface area (Å²) < 4.78 is 34.0. The molecular weight excluding hydrogens is 378 g/mol. The van der Waals surface area contributed by atoms with Crippen LogP contribution in [0.4, 0.5) is 0 Å². The third-order valence-corrected chi connectivity index (χ3v) is 8.07. The van der Waals surface area contributed by atoms with Crippen molar-refractivity contribution in [3.05, 3.63) is 24.3 Å². The quantitative estimate of drug-likeness (QED) is 0.814. The largest absolute Gasteiger partial charge is 0.492 e. The monoisotopic (exact) mass is 407 g/mol. The second kappa shape index (κ2) is 7.65. The summed E-state index contributed by atoms with van der Waals surface area (Å²) in [4.78, 5) is 14.7. The van der Waals surface area contributed by atoms with E-state index >= 15 is 0 Å². The van der Waals surface area contributed by atoms with Gasteiger partial charge in [-0.1, -0.05) is 12.1 Å². The molecule has 7 nitrogen and oxygen atoms in total. The summed E-state index contributed by atoms with van der Waals surface area (Å²) in [6.45, 7) is 3.68. The van der Waals surface area contributed by atoms with E-state index in [2.05, 4.69) is 10.2 Å². The van der Waals surface area contributed by atoms with Crippen LogP contribution in [0.5, 0.6) is 5.75 Å². The first-order valence-electron chi connectivity index (χ1n) is 10.1. The molecule has 4 rings (SSSR count). The van der Waals surface area contributed by atoms with E-state index in [0.717, 1.165) is 38.4 Å². The number of nitrogens with one attached hydrogen (secondary N) is 1. The maximum Gasteiger partial charge on any atom is 0.247 e. The van der Waals surface area contributed by atoms with Crippen LogP contribution in [0, 0.1) is 11.3 Å². The van der Waals surface area contributed by atoms with Crippen molar-refractivity contribution in [2.75, 3.05) is 46.4 Å². The van der Waals surface area contributed by atoms with E-state index in [1.807, 2.05) is 0 Å². The molecule has 2 heterocycles. The number of nitrogens with zero attached hydrogens (tertiary/aromatic N) is 2. The first kappa shape index (κ1) is 19.7. The number of rotatable bonds is 4. The summed E-state index contributed by atoms with van der Waals surface area (Å²) in [7, 11) is -2.28. The average molecular weight is 408 g/mol. The molecule has 1 aromatic rings. The highest BCUT2D eigenvalue weighted by Gasteiger charge is 2.43. The fourth-order valence-electron chi connectivity index (χ4n) is 4.22. The van der Waals surface area contributed by atoms with Crippen molar-refractivity contribution in [3.8, 4) is 5.75 Å². The van der Waals surface area contributed by atoms with Gasteiger partial charge in [0.1, 0.15) is 10.6 Å². The van der Waals surface area contributed by atoms with Crippen molar-refractivity contribution in [2.45, 2.75) is 30.6 Å². The van der Waals surface area contributed by atoms with Gasteiger partial charge in [0.2, 0.25) is 15.9 Å². The van der Waals surface area contributed by atoms with Gasteiger partial charge in [-0.25, -0.2) is 8.42 Å². The van der Waals surface area contributed by atoms with Crippen molar-refractivity contribution >= 4 is 15.9 Å². The fraction of sp³-hybridized carbons (Fsp3) is 0.650. The van der Waals surface area contributed by atoms with Crippen LogP contribution in [0.15, 0.2) is 29.2 Å². The maximum atomic E-state index is 13.3. The Balaban J connectivity index is 1.61. The third kappa shape index (κ3) is 4.04. The van der Waals surface area contributed by atoms with Crippen LogP contribution in [0.25, 0.3) is 0 Å². The van der Waals surface area contributed by atoms with Gasteiger partial charge >= 0.3 is 0 Å². The number of para-hydroxylation sites is 1. The van der Waals surface area contributed by atoms with Crippen LogP contribution >= 0.6 is 0 Å². The molecular formula is C20H29N3O4S. The molecule has 0 bridgehead atoms. The summed E-state index contributed by atoms with van der Waals surface area (Å²) >= 11 is 0. The number of benzene rings is 1. The number of likely N-dealkylation sites (tertiary alicyclic amines) is 1. The molecule has 0 atom stereocenters. The van der Waals surface area contributed by atoms with Crippen LogP contribution in [0.1, 0.15) is 25.7 Å². The van der Waals surface area contributed by atoms with Gasteiger partial charge in [0.25, 0.3) is 0 Å². The lowest BCUT2D eigenvalue weighted by Gasteiger charge is -2.45. The number of amides is 1. The smallest absolute Gasteiger partial charge is 0.247 e. The normalized spacial score (nSPS) is 24.6. The van der Waals surface area contributed by atoms with Crippen LogP contribution in [-0.4, -0.2) is 69.9 Å². The fourth-order valence-corrected chi connectivity index (χ4v) is 5.86. The van der Waals surface area contributed by atoms with E-state index in [1.165, 1.54) is 24.2 Å². The molecule has 28 heavy (non-hydrogen) atoms. The molecule has 0 radical (unpaired) electrons. The molecule has 1 saturated heterocycles.